The van der Waals surface area contributed by atoms with Crippen molar-refractivity contribution in [1.82, 2.24) is 9.80 Å². The number of nitrogens with zero attached hydrogens (tertiary/aromatic N) is 3. The maximum atomic E-state index is 10.8. The van der Waals surface area contributed by atoms with Gasteiger partial charge in [-0.25, -0.2) is 0 Å². The molecule has 0 amide bonds. The molecule has 2 atom stereocenters. The summed E-state index contributed by atoms with van der Waals surface area (Å²) < 4.78 is 0. The fourth-order valence-electron chi connectivity index (χ4n) is 3.99. The summed E-state index contributed by atoms with van der Waals surface area (Å²) in [6.45, 7) is 6.38. The number of hydrogen-bond donors (Lipinski definition) is 0. The molecule has 5 nitrogen and oxygen atoms in total. The topological polar surface area (TPSA) is 49.6 Å². The van der Waals surface area contributed by atoms with Crippen LogP contribution in [0, 0.1) is 16.0 Å². The van der Waals surface area contributed by atoms with E-state index in [1.807, 2.05) is 12.1 Å². The van der Waals surface area contributed by atoms with E-state index >= 15 is 0 Å². The number of nitro benzene ring substituents is 1. The first-order chi connectivity index (χ1) is 12.5. The van der Waals surface area contributed by atoms with Gasteiger partial charge in [-0.2, -0.15) is 0 Å². The molecule has 1 heterocycles. The molecule has 0 bridgehead atoms. The van der Waals surface area contributed by atoms with Crippen LogP contribution >= 0.6 is 0 Å². The van der Waals surface area contributed by atoms with Crippen LogP contribution in [0.1, 0.15) is 24.5 Å². The second-order valence-electron chi connectivity index (χ2n) is 7.39. The summed E-state index contributed by atoms with van der Waals surface area (Å²) in [7, 11) is 2.16. The number of piperidine rings is 1. The zero-order valence-electron chi connectivity index (χ0n) is 15.5. The van der Waals surface area contributed by atoms with E-state index in [9.17, 15) is 10.1 Å². The number of nitro groups is 1. The van der Waals surface area contributed by atoms with Crippen LogP contribution in [0.15, 0.2) is 54.6 Å². The minimum atomic E-state index is -0.349. The first-order valence-corrected chi connectivity index (χ1v) is 9.23. The molecule has 0 N–H and O–H groups in total. The van der Waals surface area contributed by atoms with Gasteiger partial charge in [-0.3, -0.25) is 19.9 Å². The summed E-state index contributed by atoms with van der Waals surface area (Å²) in [4.78, 5) is 15.4. The predicted octanol–water partition coefficient (Wildman–Crippen LogP) is 3.94. The van der Waals surface area contributed by atoms with Crippen molar-refractivity contribution in [2.75, 3.05) is 20.1 Å². The van der Waals surface area contributed by atoms with Crippen LogP contribution in [-0.2, 0) is 13.1 Å². The third-order valence-corrected chi connectivity index (χ3v) is 5.34. The normalized spacial score (nSPS) is 21.0. The molecule has 2 aromatic carbocycles. The largest absolute Gasteiger partial charge is 0.299 e. The number of rotatable bonds is 6. The summed E-state index contributed by atoms with van der Waals surface area (Å²) in [5, 5.41) is 10.8. The minimum absolute atomic E-state index is 0.152. The number of benzene rings is 2. The molecular formula is C21H27N3O2. The number of hydrogen-bond acceptors (Lipinski definition) is 4. The third-order valence-electron chi connectivity index (χ3n) is 5.34. The van der Waals surface area contributed by atoms with Crippen LogP contribution in [0.25, 0.3) is 0 Å². The lowest BCUT2D eigenvalue weighted by Crippen LogP contribution is -2.48. The van der Waals surface area contributed by atoms with E-state index in [4.69, 9.17) is 0 Å². The van der Waals surface area contributed by atoms with Crippen molar-refractivity contribution in [3.05, 3.63) is 75.8 Å². The first kappa shape index (κ1) is 18.5. The van der Waals surface area contributed by atoms with Crippen LogP contribution in [0.3, 0.4) is 0 Å². The lowest BCUT2D eigenvalue weighted by atomic mass is 9.92. The van der Waals surface area contributed by atoms with Crippen molar-refractivity contribution in [2.24, 2.45) is 5.92 Å². The van der Waals surface area contributed by atoms with Gasteiger partial charge in [0.1, 0.15) is 0 Å². The van der Waals surface area contributed by atoms with Crippen LogP contribution in [-0.4, -0.2) is 40.9 Å². The van der Waals surface area contributed by atoms with Crippen molar-refractivity contribution >= 4 is 5.69 Å². The molecule has 0 saturated carbocycles. The van der Waals surface area contributed by atoms with E-state index in [2.05, 4.69) is 54.1 Å². The van der Waals surface area contributed by atoms with Crippen LogP contribution in [0.5, 0.6) is 0 Å². The van der Waals surface area contributed by atoms with Crippen molar-refractivity contribution < 1.29 is 4.92 Å². The maximum absolute atomic E-state index is 10.8. The standard InChI is InChI=1S/C21H27N3O2/c1-17-14-23(16-18-6-4-3-5-7-18)13-12-21(17)22(2)15-19-8-10-20(11-9-19)24(25)26/h3-11,17,21H,12-16H2,1-2H3/t17-,21+/m0/s1. The van der Waals surface area contributed by atoms with Gasteiger partial charge in [-0.05, 0) is 37.1 Å². The summed E-state index contributed by atoms with van der Waals surface area (Å²) in [5.41, 5.74) is 2.65. The molecule has 26 heavy (non-hydrogen) atoms. The van der Waals surface area contributed by atoms with Gasteiger partial charge in [0.05, 0.1) is 4.92 Å². The van der Waals surface area contributed by atoms with Crippen LogP contribution in [0.2, 0.25) is 0 Å². The molecular weight excluding hydrogens is 326 g/mol. The van der Waals surface area contributed by atoms with E-state index in [0.29, 0.717) is 12.0 Å². The second-order valence-corrected chi connectivity index (χ2v) is 7.39. The summed E-state index contributed by atoms with van der Waals surface area (Å²) in [6, 6.07) is 18.1. The molecule has 0 aliphatic carbocycles. The van der Waals surface area contributed by atoms with Gasteiger partial charge in [-0.15, -0.1) is 0 Å². The van der Waals surface area contributed by atoms with Crippen LogP contribution < -0.4 is 0 Å². The van der Waals surface area contributed by atoms with Gasteiger partial charge in [0.25, 0.3) is 5.69 Å². The maximum Gasteiger partial charge on any atom is 0.269 e. The Balaban J connectivity index is 1.54. The summed E-state index contributed by atoms with van der Waals surface area (Å²) >= 11 is 0. The van der Waals surface area contributed by atoms with Crippen molar-refractivity contribution in [1.29, 1.82) is 0 Å². The fourth-order valence-corrected chi connectivity index (χ4v) is 3.99. The van der Waals surface area contributed by atoms with Gasteiger partial charge in [0.15, 0.2) is 0 Å². The van der Waals surface area contributed by atoms with E-state index in [1.165, 1.54) is 5.56 Å². The number of non-ortho nitro benzene ring substituents is 1. The van der Waals surface area contributed by atoms with Gasteiger partial charge >= 0.3 is 0 Å². The quantitative estimate of drug-likeness (QED) is 0.583. The van der Waals surface area contributed by atoms with E-state index in [0.717, 1.165) is 38.2 Å². The van der Waals surface area contributed by atoms with E-state index in [1.54, 1.807) is 12.1 Å². The molecule has 5 heteroatoms. The Labute approximate surface area is 155 Å². The van der Waals surface area contributed by atoms with Gasteiger partial charge in [0.2, 0.25) is 0 Å². The van der Waals surface area contributed by atoms with Gasteiger partial charge in [0, 0.05) is 37.8 Å². The Hall–Kier alpha value is -2.24. The Bertz CT molecular complexity index is 718. The van der Waals surface area contributed by atoms with Crippen molar-refractivity contribution in [3.8, 4) is 0 Å². The zero-order chi connectivity index (χ0) is 18.5. The molecule has 3 rings (SSSR count). The average Bonchev–Trinajstić information content (AvgIpc) is 2.63. The van der Waals surface area contributed by atoms with Gasteiger partial charge < -0.3 is 0 Å². The van der Waals surface area contributed by atoms with Crippen molar-refractivity contribution in [2.45, 2.75) is 32.5 Å². The van der Waals surface area contributed by atoms with E-state index < -0.39 is 0 Å². The molecule has 0 spiro atoms. The SMILES string of the molecule is C[C@H]1CN(Cc2ccccc2)CC[C@H]1N(C)Cc1ccc([N+](=O)[O-])cc1. The Morgan fingerprint density at radius 2 is 1.81 bits per heavy atom. The van der Waals surface area contributed by atoms with E-state index in [-0.39, 0.29) is 10.6 Å². The average molecular weight is 353 g/mol. The smallest absolute Gasteiger partial charge is 0.269 e. The summed E-state index contributed by atoms with van der Waals surface area (Å²) in [5.74, 6) is 0.593. The highest BCUT2D eigenvalue weighted by Crippen LogP contribution is 2.24. The molecule has 2 aromatic rings. The Kier molecular flexibility index (Phi) is 6.01. The highest BCUT2D eigenvalue weighted by Gasteiger charge is 2.28. The molecule has 1 aliphatic rings. The zero-order valence-corrected chi connectivity index (χ0v) is 15.5. The predicted molar refractivity (Wildman–Crippen MR) is 104 cm³/mol. The lowest BCUT2D eigenvalue weighted by Gasteiger charge is -2.41. The summed E-state index contributed by atoms with van der Waals surface area (Å²) in [6.07, 6.45) is 1.15. The highest BCUT2D eigenvalue weighted by atomic mass is 16.6. The molecule has 0 unspecified atom stereocenters. The Morgan fingerprint density at radius 1 is 1.12 bits per heavy atom. The fraction of sp³-hybridized carbons (Fsp3) is 0.429. The molecule has 0 aromatic heterocycles. The second kappa shape index (κ2) is 8.43. The molecule has 1 fully saturated rings. The highest BCUT2D eigenvalue weighted by molar-refractivity contribution is 5.32. The Morgan fingerprint density at radius 3 is 2.42 bits per heavy atom. The number of likely N-dealkylation sites (tertiary alicyclic amines) is 1. The molecule has 1 saturated heterocycles. The van der Waals surface area contributed by atoms with Gasteiger partial charge in [-0.1, -0.05) is 49.4 Å². The molecule has 0 radical (unpaired) electrons. The minimum Gasteiger partial charge on any atom is -0.299 e. The monoisotopic (exact) mass is 353 g/mol. The molecule has 138 valence electrons. The first-order valence-electron chi connectivity index (χ1n) is 9.23. The van der Waals surface area contributed by atoms with Crippen LogP contribution in [0.4, 0.5) is 5.69 Å². The lowest BCUT2D eigenvalue weighted by molar-refractivity contribution is -0.384. The third kappa shape index (κ3) is 4.68. The molecule has 1 aliphatic heterocycles. The van der Waals surface area contributed by atoms with Crippen molar-refractivity contribution in [3.63, 3.8) is 0 Å².